The lowest BCUT2D eigenvalue weighted by molar-refractivity contribution is 0.0519. The fraction of sp³-hybridized carbons (Fsp3) is 0.136. The summed E-state index contributed by atoms with van der Waals surface area (Å²) in [6.45, 7) is 2.59. The van der Waals surface area contributed by atoms with Gasteiger partial charge in [-0.2, -0.15) is 5.10 Å². The first kappa shape index (κ1) is 17.7. The molecule has 0 unspecified atom stereocenters. The molecule has 0 aliphatic carbocycles. The summed E-state index contributed by atoms with van der Waals surface area (Å²) in [6, 6.07) is 19.4. The van der Waals surface area contributed by atoms with Crippen molar-refractivity contribution in [1.82, 2.24) is 14.6 Å². The smallest absolute Gasteiger partial charge is 0.357 e. The Morgan fingerprint density at radius 1 is 1.04 bits per heavy atom. The summed E-state index contributed by atoms with van der Waals surface area (Å²) in [7, 11) is 0. The highest BCUT2D eigenvalue weighted by atomic mass is 16.5. The monoisotopic (exact) mass is 373 g/mol. The average Bonchev–Trinajstić information content (AvgIpc) is 3.17. The molecule has 0 spiro atoms. The third-order valence-electron chi connectivity index (χ3n) is 4.27. The minimum atomic E-state index is -0.443. The summed E-state index contributed by atoms with van der Waals surface area (Å²) >= 11 is 0. The van der Waals surface area contributed by atoms with Gasteiger partial charge in [-0.05, 0) is 36.2 Å². The molecule has 4 aromatic rings. The average molecular weight is 373 g/mol. The standard InChI is InChI=1S/C22H19N3O3/c1-2-27-22(26)20-12-13-25-21(24-20)19(14-23-25)17-8-10-18(11-9-17)28-15-16-6-4-3-5-7-16/h3-14H,2,15H2,1H3. The normalized spacial score (nSPS) is 10.8. The predicted octanol–water partition coefficient (Wildman–Crippen LogP) is 4.15. The van der Waals surface area contributed by atoms with Crippen molar-refractivity contribution in [3.8, 4) is 16.9 Å². The number of carbonyl (C=O) groups excluding carboxylic acids is 1. The van der Waals surface area contributed by atoms with E-state index in [9.17, 15) is 4.79 Å². The molecule has 0 bridgehead atoms. The maximum Gasteiger partial charge on any atom is 0.357 e. The fourth-order valence-corrected chi connectivity index (χ4v) is 2.86. The van der Waals surface area contributed by atoms with Gasteiger partial charge in [-0.1, -0.05) is 42.5 Å². The Balaban J connectivity index is 1.56. The third-order valence-corrected chi connectivity index (χ3v) is 4.27. The Bertz CT molecular complexity index is 1090. The Morgan fingerprint density at radius 2 is 1.82 bits per heavy atom. The SMILES string of the molecule is CCOC(=O)c1ccn2ncc(-c3ccc(OCc4ccccc4)cc3)c2n1. The van der Waals surface area contributed by atoms with Gasteiger partial charge in [-0.25, -0.2) is 14.3 Å². The first-order valence-corrected chi connectivity index (χ1v) is 9.03. The van der Waals surface area contributed by atoms with Gasteiger partial charge in [0.05, 0.1) is 12.8 Å². The lowest BCUT2D eigenvalue weighted by atomic mass is 10.1. The Kier molecular flexibility index (Phi) is 5.01. The van der Waals surface area contributed by atoms with Crippen molar-refractivity contribution in [3.05, 3.63) is 84.3 Å². The highest BCUT2D eigenvalue weighted by Crippen LogP contribution is 2.26. The molecular weight excluding hydrogens is 354 g/mol. The van der Waals surface area contributed by atoms with Crippen molar-refractivity contribution in [2.45, 2.75) is 13.5 Å². The molecule has 0 N–H and O–H groups in total. The molecule has 0 saturated heterocycles. The Hall–Kier alpha value is -3.67. The molecular formula is C22H19N3O3. The van der Waals surface area contributed by atoms with Crippen LogP contribution in [0.1, 0.15) is 23.0 Å². The quantitative estimate of drug-likeness (QED) is 0.475. The maximum absolute atomic E-state index is 12.0. The van der Waals surface area contributed by atoms with Crippen LogP contribution in [-0.4, -0.2) is 27.2 Å². The van der Waals surface area contributed by atoms with Gasteiger partial charge in [0.25, 0.3) is 0 Å². The van der Waals surface area contributed by atoms with Crippen molar-refractivity contribution in [2.75, 3.05) is 6.61 Å². The summed E-state index contributed by atoms with van der Waals surface area (Å²) in [4.78, 5) is 16.4. The summed E-state index contributed by atoms with van der Waals surface area (Å²) < 4.78 is 12.5. The Labute approximate surface area is 162 Å². The number of carbonyl (C=O) groups is 1. The molecule has 2 heterocycles. The number of ether oxygens (including phenoxy) is 2. The number of benzene rings is 2. The Morgan fingerprint density at radius 3 is 2.57 bits per heavy atom. The topological polar surface area (TPSA) is 65.7 Å². The molecule has 0 radical (unpaired) electrons. The van der Waals surface area contributed by atoms with Crippen molar-refractivity contribution in [2.24, 2.45) is 0 Å². The summed E-state index contributed by atoms with van der Waals surface area (Å²) in [6.07, 6.45) is 3.44. The molecule has 6 heteroatoms. The molecule has 0 fully saturated rings. The van der Waals surface area contributed by atoms with Crippen LogP contribution in [0.25, 0.3) is 16.8 Å². The number of rotatable bonds is 6. The van der Waals surface area contributed by atoms with E-state index in [1.54, 1.807) is 29.9 Å². The predicted molar refractivity (Wildman–Crippen MR) is 105 cm³/mol. The van der Waals surface area contributed by atoms with Gasteiger partial charge >= 0.3 is 5.97 Å². The minimum Gasteiger partial charge on any atom is -0.489 e. The van der Waals surface area contributed by atoms with Crippen LogP contribution in [0.5, 0.6) is 5.75 Å². The van der Waals surface area contributed by atoms with Crippen LogP contribution < -0.4 is 4.74 Å². The van der Waals surface area contributed by atoms with E-state index < -0.39 is 5.97 Å². The van der Waals surface area contributed by atoms with E-state index in [4.69, 9.17) is 9.47 Å². The summed E-state index contributed by atoms with van der Waals surface area (Å²) in [5.41, 5.74) is 3.75. The third kappa shape index (κ3) is 3.71. The zero-order chi connectivity index (χ0) is 19.3. The number of esters is 1. The second-order valence-corrected chi connectivity index (χ2v) is 6.16. The van der Waals surface area contributed by atoms with Crippen LogP contribution in [0.3, 0.4) is 0 Å². The number of hydrogen-bond acceptors (Lipinski definition) is 5. The number of hydrogen-bond donors (Lipinski definition) is 0. The van der Waals surface area contributed by atoms with Crippen molar-refractivity contribution in [3.63, 3.8) is 0 Å². The van der Waals surface area contributed by atoms with Crippen molar-refractivity contribution >= 4 is 11.6 Å². The molecule has 0 aliphatic rings. The van der Waals surface area contributed by atoms with Gasteiger partial charge in [0, 0.05) is 11.8 Å². The van der Waals surface area contributed by atoms with E-state index in [1.807, 2.05) is 54.6 Å². The molecule has 2 aromatic carbocycles. The molecule has 0 atom stereocenters. The lowest BCUT2D eigenvalue weighted by Crippen LogP contribution is -2.08. The molecule has 2 aromatic heterocycles. The van der Waals surface area contributed by atoms with Crippen LogP contribution in [0.15, 0.2) is 73.1 Å². The molecule has 6 nitrogen and oxygen atoms in total. The van der Waals surface area contributed by atoms with E-state index in [-0.39, 0.29) is 5.69 Å². The molecule has 0 amide bonds. The van der Waals surface area contributed by atoms with Gasteiger partial charge in [-0.3, -0.25) is 0 Å². The van der Waals surface area contributed by atoms with E-state index in [2.05, 4.69) is 10.1 Å². The van der Waals surface area contributed by atoms with Crippen molar-refractivity contribution < 1.29 is 14.3 Å². The van der Waals surface area contributed by atoms with Crippen LogP contribution in [0.4, 0.5) is 0 Å². The van der Waals surface area contributed by atoms with Crippen LogP contribution in [0.2, 0.25) is 0 Å². The van der Waals surface area contributed by atoms with Crippen LogP contribution >= 0.6 is 0 Å². The maximum atomic E-state index is 12.0. The molecule has 4 rings (SSSR count). The highest BCUT2D eigenvalue weighted by Gasteiger charge is 2.13. The van der Waals surface area contributed by atoms with Crippen LogP contribution in [0, 0.1) is 0 Å². The zero-order valence-corrected chi connectivity index (χ0v) is 15.4. The van der Waals surface area contributed by atoms with Gasteiger partial charge < -0.3 is 9.47 Å². The fourth-order valence-electron chi connectivity index (χ4n) is 2.86. The molecule has 0 aliphatic heterocycles. The number of nitrogens with zero attached hydrogens (tertiary/aromatic N) is 3. The van der Waals surface area contributed by atoms with Gasteiger partial charge in [0.1, 0.15) is 12.4 Å². The van der Waals surface area contributed by atoms with Crippen LogP contribution in [-0.2, 0) is 11.3 Å². The minimum absolute atomic E-state index is 0.263. The van der Waals surface area contributed by atoms with Gasteiger partial charge in [0.15, 0.2) is 11.3 Å². The summed E-state index contributed by atoms with van der Waals surface area (Å²) in [5.74, 6) is 0.339. The second-order valence-electron chi connectivity index (χ2n) is 6.16. The largest absolute Gasteiger partial charge is 0.489 e. The van der Waals surface area contributed by atoms with Gasteiger partial charge in [-0.15, -0.1) is 0 Å². The molecule has 28 heavy (non-hydrogen) atoms. The zero-order valence-electron chi connectivity index (χ0n) is 15.4. The first-order chi connectivity index (χ1) is 13.7. The van der Waals surface area contributed by atoms with E-state index >= 15 is 0 Å². The highest BCUT2D eigenvalue weighted by molar-refractivity contribution is 5.89. The lowest BCUT2D eigenvalue weighted by Gasteiger charge is -2.07. The van der Waals surface area contributed by atoms with E-state index in [0.29, 0.717) is 18.9 Å². The molecule has 140 valence electrons. The first-order valence-electron chi connectivity index (χ1n) is 9.03. The van der Waals surface area contributed by atoms with Crippen molar-refractivity contribution in [1.29, 1.82) is 0 Å². The number of fused-ring (bicyclic) bond motifs is 1. The number of aromatic nitrogens is 3. The van der Waals surface area contributed by atoms with E-state index in [1.165, 1.54) is 0 Å². The van der Waals surface area contributed by atoms with E-state index in [0.717, 1.165) is 22.4 Å². The summed E-state index contributed by atoms with van der Waals surface area (Å²) in [5, 5.41) is 4.31. The van der Waals surface area contributed by atoms with Gasteiger partial charge in [0.2, 0.25) is 0 Å². The molecule has 0 saturated carbocycles. The second kappa shape index (κ2) is 7.92.